The maximum absolute atomic E-state index is 13.8. The van der Waals surface area contributed by atoms with Crippen LogP contribution in [0.1, 0.15) is 26.7 Å². The van der Waals surface area contributed by atoms with E-state index in [1.807, 2.05) is 7.05 Å². The van der Waals surface area contributed by atoms with Crippen LogP contribution in [0.4, 0.5) is 4.39 Å². The molecule has 2 atom stereocenters. The van der Waals surface area contributed by atoms with Crippen LogP contribution in [-0.2, 0) is 0 Å². The Morgan fingerprint density at radius 2 is 2.13 bits per heavy atom. The first kappa shape index (κ1) is 12.9. The molecule has 0 aromatic carbocycles. The molecule has 0 unspecified atom stereocenters. The Morgan fingerprint density at radius 1 is 1.47 bits per heavy atom. The zero-order chi connectivity index (χ0) is 11.4. The molecule has 2 nitrogen and oxygen atoms in total. The molecule has 15 heavy (non-hydrogen) atoms. The second-order valence-corrected chi connectivity index (χ2v) is 5.30. The fourth-order valence-corrected chi connectivity index (χ4v) is 2.17. The number of likely N-dealkylation sites (tertiary alicyclic amines) is 1. The Labute approximate surface area is 93.4 Å². The van der Waals surface area contributed by atoms with Crippen LogP contribution in [0.15, 0.2) is 0 Å². The second-order valence-electron chi connectivity index (χ2n) is 5.30. The van der Waals surface area contributed by atoms with Crippen molar-refractivity contribution < 1.29 is 4.39 Å². The molecule has 1 fully saturated rings. The molecule has 0 radical (unpaired) electrons. The average molecular weight is 216 g/mol. The minimum atomic E-state index is -0.680. The Bertz CT molecular complexity index is 184. The largest absolute Gasteiger partial charge is 0.303 e. The molecule has 0 spiro atoms. The summed E-state index contributed by atoms with van der Waals surface area (Å²) in [6, 6.07) is 0.139. The monoisotopic (exact) mass is 216 g/mol. The van der Waals surface area contributed by atoms with Gasteiger partial charge in [-0.3, -0.25) is 0 Å². The lowest BCUT2D eigenvalue weighted by molar-refractivity contribution is 0.0557. The molecule has 0 aromatic rings. The van der Waals surface area contributed by atoms with E-state index < -0.39 is 6.17 Å². The van der Waals surface area contributed by atoms with E-state index in [0.717, 1.165) is 25.9 Å². The predicted molar refractivity (Wildman–Crippen MR) is 62.9 cm³/mol. The van der Waals surface area contributed by atoms with Crippen molar-refractivity contribution in [3.8, 4) is 0 Å². The molecule has 1 heterocycles. The van der Waals surface area contributed by atoms with Gasteiger partial charge in [-0.25, -0.2) is 4.39 Å². The molecular formula is C12H25FN2. The highest BCUT2D eigenvalue weighted by atomic mass is 19.1. The van der Waals surface area contributed by atoms with Gasteiger partial charge in [0.05, 0.1) is 0 Å². The third-order valence-corrected chi connectivity index (χ3v) is 3.34. The van der Waals surface area contributed by atoms with E-state index in [4.69, 9.17) is 0 Å². The summed E-state index contributed by atoms with van der Waals surface area (Å²) in [7, 11) is 4.06. The van der Waals surface area contributed by atoms with Crippen molar-refractivity contribution >= 4 is 0 Å². The summed E-state index contributed by atoms with van der Waals surface area (Å²) in [5.41, 5.74) is 0. The van der Waals surface area contributed by atoms with E-state index >= 15 is 0 Å². The standard InChI is InChI=1S/C12H25FN2/c1-10(2)5-8-15(4)12-6-7-14(3)9-11(12)13/h10-12H,5-9H2,1-4H3/t11-,12+/m0/s1. The van der Waals surface area contributed by atoms with E-state index in [1.165, 1.54) is 0 Å². The normalized spacial score (nSPS) is 29.0. The van der Waals surface area contributed by atoms with Crippen LogP contribution in [0.5, 0.6) is 0 Å². The average Bonchev–Trinajstić information content (AvgIpc) is 2.14. The minimum absolute atomic E-state index is 0.139. The smallest absolute Gasteiger partial charge is 0.128 e. The van der Waals surface area contributed by atoms with Crippen LogP contribution in [0.3, 0.4) is 0 Å². The fraction of sp³-hybridized carbons (Fsp3) is 1.00. The lowest BCUT2D eigenvalue weighted by atomic mass is 10.0. The molecule has 1 rings (SSSR count). The Hall–Kier alpha value is -0.150. The van der Waals surface area contributed by atoms with Gasteiger partial charge in [0.2, 0.25) is 0 Å². The lowest BCUT2D eigenvalue weighted by Crippen LogP contribution is -2.50. The van der Waals surface area contributed by atoms with Crippen molar-refractivity contribution in [3.05, 3.63) is 0 Å². The first-order valence-electron chi connectivity index (χ1n) is 6.03. The highest BCUT2D eigenvalue weighted by Crippen LogP contribution is 2.18. The quantitative estimate of drug-likeness (QED) is 0.709. The van der Waals surface area contributed by atoms with Crippen LogP contribution in [-0.4, -0.2) is 55.7 Å². The summed E-state index contributed by atoms with van der Waals surface area (Å²) >= 11 is 0. The van der Waals surface area contributed by atoms with E-state index in [2.05, 4.69) is 30.7 Å². The molecule has 3 heteroatoms. The molecule has 0 aromatic heterocycles. The van der Waals surface area contributed by atoms with Crippen LogP contribution in [0, 0.1) is 5.92 Å². The molecule has 90 valence electrons. The van der Waals surface area contributed by atoms with E-state index in [0.29, 0.717) is 12.5 Å². The van der Waals surface area contributed by atoms with Gasteiger partial charge >= 0.3 is 0 Å². The molecule has 1 aliphatic rings. The molecule has 1 aliphatic heterocycles. The van der Waals surface area contributed by atoms with Gasteiger partial charge in [0.1, 0.15) is 6.17 Å². The molecular weight excluding hydrogens is 191 g/mol. The van der Waals surface area contributed by atoms with Crippen molar-refractivity contribution in [2.45, 2.75) is 38.9 Å². The molecule has 1 saturated heterocycles. The highest BCUT2D eigenvalue weighted by Gasteiger charge is 2.30. The molecule has 0 aliphatic carbocycles. The number of rotatable bonds is 4. The number of hydrogen-bond acceptors (Lipinski definition) is 2. The summed E-state index contributed by atoms with van der Waals surface area (Å²) < 4.78 is 13.8. The summed E-state index contributed by atoms with van der Waals surface area (Å²) in [6.07, 6.45) is 1.45. The van der Waals surface area contributed by atoms with Crippen molar-refractivity contribution in [2.24, 2.45) is 5.92 Å². The summed E-state index contributed by atoms with van der Waals surface area (Å²) in [5.74, 6) is 0.705. The topological polar surface area (TPSA) is 6.48 Å². The zero-order valence-electron chi connectivity index (χ0n) is 10.5. The van der Waals surface area contributed by atoms with Crippen molar-refractivity contribution in [2.75, 3.05) is 33.7 Å². The van der Waals surface area contributed by atoms with Crippen molar-refractivity contribution in [1.82, 2.24) is 9.80 Å². The minimum Gasteiger partial charge on any atom is -0.303 e. The predicted octanol–water partition coefficient (Wildman–Crippen LogP) is 2.01. The first-order chi connectivity index (χ1) is 7.00. The highest BCUT2D eigenvalue weighted by molar-refractivity contribution is 4.85. The van der Waals surface area contributed by atoms with Crippen molar-refractivity contribution in [3.63, 3.8) is 0 Å². The van der Waals surface area contributed by atoms with Gasteiger partial charge in [-0.05, 0) is 45.9 Å². The number of nitrogens with zero attached hydrogens (tertiary/aromatic N) is 2. The van der Waals surface area contributed by atoms with Gasteiger partial charge in [-0.15, -0.1) is 0 Å². The summed E-state index contributed by atoms with van der Waals surface area (Å²) in [6.45, 7) is 7.07. The van der Waals surface area contributed by atoms with E-state index in [1.54, 1.807) is 0 Å². The van der Waals surface area contributed by atoms with Crippen LogP contribution in [0.25, 0.3) is 0 Å². The van der Waals surface area contributed by atoms with Gasteiger partial charge in [0, 0.05) is 12.6 Å². The van der Waals surface area contributed by atoms with Gasteiger partial charge < -0.3 is 9.80 Å². The van der Waals surface area contributed by atoms with Gasteiger partial charge in [-0.2, -0.15) is 0 Å². The maximum Gasteiger partial charge on any atom is 0.128 e. The molecule has 0 N–H and O–H groups in total. The second kappa shape index (κ2) is 5.80. The van der Waals surface area contributed by atoms with Crippen LogP contribution in [0.2, 0.25) is 0 Å². The fourth-order valence-electron chi connectivity index (χ4n) is 2.17. The molecule has 0 amide bonds. The number of alkyl halides is 1. The Morgan fingerprint density at radius 3 is 2.67 bits per heavy atom. The van der Waals surface area contributed by atoms with E-state index in [-0.39, 0.29) is 6.04 Å². The molecule has 0 saturated carbocycles. The summed E-state index contributed by atoms with van der Waals surface area (Å²) in [4.78, 5) is 4.29. The van der Waals surface area contributed by atoms with Gasteiger partial charge in [0.25, 0.3) is 0 Å². The van der Waals surface area contributed by atoms with Crippen LogP contribution < -0.4 is 0 Å². The number of hydrogen-bond donors (Lipinski definition) is 0. The van der Waals surface area contributed by atoms with Crippen LogP contribution >= 0.6 is 0 Å². The van der Waals surface area contributed by atoms with Crippen molar-refractivity contribution in [1.29, 1.82) is 0 Å². The summed E-state index contributed by atoms with van der Waals surface area (Å²) in [5, 5.41) is 0. The van der Waals surface area contributed by atoms with E-state index in [9.17, 15) is 4.39 Å². The third kappa shape index (κ3) is 4.07. The Balaban J connectivity index is 2.35. The maximum atomic E-state index is 13.8. The Kier molecular flexibility index (Phi) is 5.00. The number of halogens is 1. The SMILES string of the molecule is CC(C)CCN(C)[C@@H]1CCN(C)C[C@@H]1F. The van der Waals surface area contributed by atoms with Gasteiger partial charge in [-0.1, -0.05) is 13.8 Å². The van der Waals surface area contributed by atoms with Gasteiger partial charge in [0.15, 0.2) is 0 Å². The molecule has 0 bridgehead atoms. The third-order valence-electron chi connectivity index (χ3n) is 3.34. The first-order valence-corrected chi connectivity index (χ1v) is 6.03. The lowest BCUT2D eigenvalue weighted by Gasteiger charge is -2.37. The zero-order valence-corrected chi connectivity index (χ0v) is 10.5. The number of piperidine rings is 1.